The van der Waals surface area contributed by atoms with Crippen LogP contribution in [0.1, 0.15) is 18.5 Å². The molecule has 24 heavy (non-hydrogen) atoms. The minimum Gasteiger partial charge on any atom is -0.332 e. The van der Waals surface area contributed by atoms with Crippen LogP contribution in [0.5, 0.6) is 0 Å². The largest absolute Gasteiger partial charge is 0.332 e. The minimum absolute atomic E-state index is 0.0261. The molecular formula is C17H18Cl2N4O. The first-order valence-corrected chi connectivity index (χ1v) is 8.39. The SMILES string of the molecule is CC1NNC(c2ccccc2)C1NC(=O)Nc1cccc(Cl)c1Cl. The van der Waals surface area contributed by atoms with E-state index >= 15 is 0 Å². The van der Waals surface area contributed by atoms with Gasteiger partial charge in [-0.1, -0.05) is 59.6 Å². The molecule has 4 N–H and O–H groups in total. The lowest BCUT2D eigenvalue weighted by molar-refractivity contribution is 0.246. The molecule has 3 unspecified atom stereocenters. The van der Waals surface area contributed by atoms with Gasteiger partial charge < -0.3 is 10.6 Å². The molecule has 1 fully saturated rings. The molecule has 126 valence electrons. The van der Waals surface area contributed by atoms with Crippen molar-refractivity contribution in [3.8, 4) is 0 Å². The maximum Gasteiger partial charge on any atom is 0.319 e. The Hall–Kier alpha value is -1.79. The maximum atomic E-state index is 12.4. The molecule has 0 aliphatic carbocycles. The van der Waals surface area contributed by atoms with Crippen LogP contribution in [0.15, 0.2) is 48.5 Å². The van der Waals surface area contributed by atoms with E-state index in [0.717, 1.165) is 5.56 Å². The summed E-state index contributed by atoms with van der Waals surface area (Å²) >= 11 is 12.1. The summed E-state index contributed by atoms with van der Waals surface area (Å²) in [6.07, 6.45) is 0. The number of urea groups is 1. The van der Waals surface area contributed by atoms with E-state index in [1.54, 1.807) is 18.2 Å². The van der Waals surface area contributed by atoms with Crippen LogP contribution in [0.2, 0.25) is 10.0 Å². The molecule has 1 saturated heterocycles. The Balaban J connectivity index is 1.71. The fourth-order valence-corrected chi connectivity index (χ4v) is 3.11. The van der Waals surface area contributed by atoms with Crippen LogP contribution in [0.25, 0.3) is 0 Å². The van der Waals surface area contributed by atoms with Crippen LogP contribution in [0.3, 0.4) is 0 Å². The number of hydrogen-bond acceptors (Lipinski definition) is 3. The van der Waals surface area contributed by atoms with E-state index in [2.05, 4.69) is 21.5 Å². The highest BCUT2D eigenvalue weighted by Gasteiger charge is 2.35. The van der Waals surface area contributed by atoms with Gasteiger partial charge in [0.1, 0.15) is 0 Å². The zero-order valence-corrected chi connectivity index (χ0v) is 14.5. The minimum atomic E-state index is -0.331. The van der Waals surface area contributed by atoms with E-state index in [9.17, 15) is 4.79 Å². The van der Waals surface area contributed by atoms with Crippen molar-refractivity contribution in [2.24, 2.45) is 0 Å². The Morgan fingerprint density at radius 2 is 1.79 bits per heavy atom. The summed E-state index contributed by atoms with van der Waals surface area (Å²) < 4.78 is 0. The molecule has 2 aromatic rings. The van der Waals surface area contributed by atoms with Crippen LogP contribution in [-0.2, 0) is 0 Å². The quantitative estimate of drug-likeness (QED) is 0.670. The zero-order chi connectivity index (χ0) is 17.1. The number of halogens is 2. The van der Waals surface area contributed by atoms with Crippen molar-refractivity contribution < 1.29 is 4.79 Å². The third kappa shape index (κ3) is 3.65. The number of amides is 2. The Morgan fingerprint density at radius 1 is 1.04 bits per heavy atom. The predicted octanol–water partition coefficient (Wildman–Crippen LogP) is 3.72. The lowest BCUT2D eigenvalue weighted by Gasteiger charge is -2.23. The van der Waals surface area contributed by atoms with Gasteiger partial charge in [-0.25, -0.2) is 10.2 Å². The molecule has 1 aliphatic heterocycles. The fourth-order valence-electron chi connectivity index (χ4n) is 2.76. The monoisotopic (exact) mass is 364 g/mol. The number of carbonyl (C=O) groups is 1. The summed E-state index contributed by atoms with van der Waals surface area (Å²) in [5, 5.41) is 6.47. The molecule has 0 spiro atoms. The molecule has 3 rings (SSSR count). The van der Waals surface area contributed by atoms with Crippen molar-refractivity contribution in [1.82, 2.24) is 16.2 Å². The standard InChI is InChI=1S/C17H18Cl2N4O/c1-10-15(16(23-22-10)11-6-3-2-4-7-11)21-17(24)20-13-9-5-8-12(18)14(13)19/h2-10,15-16,22-23H,1H3,(H2,20,21,24). The van der Waals surface area contributed by atoms with Crippen LogP contribution in [0.4, 0.5) is 10.5 Å². The number of hydrogen-bond donors (Lipinski definition) is 4. The van der Waals surface area contributed by atoms with E-state index in [4.69, 9.17) is 23.2 Å². The molecule has 2 aromatic carbocycles. The van der Waals surface area contributed by atoms with Gasteiger partial charge in [-0.05, 0) is 24.6 Å². The zero-order valence-electron chi connectivity index (χ0n) is 13.0. The second kappa shape index (κ2) is 7.40. The van der Waals surface area contributed by atoms with Crippen molar-refractivity contribution in [1.29, 1.82) is 0 Å². The van der Waals surface area contributed by atoms with Crippen molar-refractivity contribution in [2.75, 3.05) is 5.32 Å². The molecule has 1 heterocycles. The first-order valence-electron chi connectivity index (χ1n) is 7.64. The smallest absolute Gasteiger partial charge is 0.319 e. The Labute approximate surface area is 150 Å². The van der Waals surface area contributed by atoms with Gasteiger partial charge in [0.05, 0.1) is 27.8 Å². The third-order valence-corrected chi connectivity index (χ3v) is 4.84. The van der Waals surface area contributed by atoms with Crippen LogP contribution >= 0.6 is 23.2 Å². The molecule has 5 nitrogen and oxygen atoms in total. The number of carbonyl (C=O) groups excluding carboxylic acids is 1. The highest BCUT2D eigenvalue weighted by atomic mass is 35.5. The number of benzene rings is 2. The van der Waals surface area contributed by atoms with Crippen LogP contribution < -0.4 is 21.5 Å². The van der Waals surface area contributed by atoms with Crippen molar-refractivity contribution in [2.45, 2.75) is 25.0 Å². The molecule has 0 saturated carbocycles. The highest BCUT2D eigenvalue weighted by molar-refractivity contribution is 6.43. The van der Waals surface area contributed by atoms with Crippen LogP contribution in [0, 0.1) is 0 Å². The normalized spacial score (nSPS) is 23.0. The van der Waals surface area contributed by atoms with E-state index in [0.29, 0.717) is 15.7 Å². The molecule has 0 radical (unpaired) electrons. The average molecular weight is 365 g/mol. The maximum absolute atomic E-state index is 12.4. The number of nitrogens with one attached hydrogen (secondary N) is 4. The van der Waals surface area contributed by atoms with Gasteiger partial charge in [0, 0.05) is 6.04 Å². The van der Waals surface area contributed by atoms with E-state index in [-0.39, 0.29) is 24.2 Å². The summed E-state index contributed by atoms with van der Waals surface area (Å²) in [5.74, 6) is 0. The molecule has 1 aliphatic rings. The van der Waals surface area contributed by atoms with Crippen molar-refractivity contribution in [3.05, 3.63) is 64.1 Å². The fraction of sp³-hybridized carbons (Fsp3) is 0.235. The van der Waals surface area contributed by atoms with Crippen molar-refractivity contribution >= 4 is 34.9 Å². The van der Waals surface area contributed by atoms with Gasteiger partial charge in [-0.3, -0.25) is 5.43 Å². The summed E-state index contributed by atoms with van der Waals surface area (Å²) in [6, 6.07) is 14.7. The van der Waals surface area contributed by atoms with E-state index in [1.165, 1.54) is 0 Å². The Morgan fingerprint density at radius 3 is 2.54 bits per heavy atom. The van der Waals surface area contributed by atoms with Gasteiger partial charge in [0.25, 0.3) is 0 Å². The highest BCUT2D eigenvalue weighted by Crippen LogP contribution is 2.29. The predicted molar refractivity (Wildman–Crippen MR) is 97.3 cm³/mol. The number of anilines is 1. The molecule has 3 atom stereocenters. The van der Waals surface area contributed by atoms with Gasteiger partial charge in [-0.15, -0.1) is 0 Å². The van der Waals surface area contributed by atoms with Gasteiger partial charge in [0.2, 0.25) is 0 Å². The van der Waals surface area contributed by atoms with Gasteiger partial charge >= 0.3 is 6.03 Å². The average Bonchev–Trinajstić information content (AvgIpc) is 2.93. The molecule has 0 bridgehead atoms. The summed E-state index contributed by atoms with van der Waals surface area (Å²) in [7, 11) is 0. The van der Waals surface area contributed by atoms with E-state index < -0.39 is 0 Å². The molecule has 0 aromatic heterocycles. The third-order valence-electron chi connectivity index (χ3n) is 4.02. The Bertz CT molecular complexity index is 726. The summed E-state index contributed by atoms with van der Waals surface area (Å²) in [5.41, 5.74) is 7.96. The number of hydrazine groups is 1. The van der Waals surface area contributed by atoms with E-state index in [1.807, 2.05) is 37.3 Å². The summed E-state index contributed by atoms with van der Waals surface area (Å²) in [4.78, 5) is 12.4. The lowest BCUT2D eigenvalue weighted by Crippen LogP contribution is -2.46. The van der Waals surface area contributed by atoms with Gasteiger partial charge in [-0.2, -0.15) is 0 Å². The second-order valence-electron chi connectivity index (χ2n) is 5.69. The molecule has 7 heteroatoms. The lowest BCUT2D eigenvalue weighted by atomic mass is 9.97. The second-order valence-corrected chi connectivity index (χ2v) is 6.48. The van der Waals surface area contributed by atoms with Crippen molar-refractivity contribution in [3.63, 3.8) is 0 Å². The first kappa shape index (κ1) is 17.0. The van der Waals surface area contributed by atoms with Crippen LogP contribution in [-0.4, -0.2) is 18.1 Å². The summed E-state index contributed by atoms with van der Waals surface area (Å²) in [6.45, 7) is 2.01. The Kier molecular flexibility index (Phi) is 5.26. The first-order chi connectivity index (χ1) is 11.6. The number of rotatable bonds is 3. The molecule has 2 amide bonds. The topological polar surface area (TPSA) is 65.2 Å². The molecular weight excluding hydrogens is 347 g/mol. The van der Waals surface area contributed by atoms with Gasteiger partial charge in [0.15, 0.2) is 0 Å².